The summed E-state index contributed by atoms with van der Waals surface area (Å²) in [6.45, 7) is 2.81. The number of hydrogen-bond donors (Lipinski definition) is 1. The maximum absolute atomic E-state index is 11.8. The van der Waals surface area contributed by atoms with Crippen LogP contribution in [0.5, 0.6) is 0 Å². The molecule has 2 aromatic rings. The number of hydrogen-bond acceptors (Lipinski definition) is 3. The number of benzene rings is 1. The average molecular weight is 232 g/mol. The topological polar surface area (TPSA) is 59.8 Å². The molecule has 0 unspecified atom stereocenters. The van der Waals surface area contributed by atoms with Crippen molar-refractivity contribution in [3.05, 3.63) is 23.8 Å². The normalized spacial score (nSPS) is 10.7. The molecule has 0 aliphatic rings. The van der Waals surface area contributed by atoms with Gasteiger partial charge in [0.05, 0.1) is 5.52 Å². The maximum Gasteiger partial charge on any atom is 0.251 e. The van der Waals surface area contributed by atoms with Crippen LogP contribution in [0.3, 0.4) is 0 Å². The highest BCUT2D eigenvalue weighted by atomic mass is 16.1. The fourth-order valence-electron chi connectivity index (χ4n) is 1.66. The molecule has 0 fully saturated rings. The Kier molecular flexibility index (Phi) is 3.37. The van der Waals surface area contributed by atoms with Gasteiger partial charge in [-0.3, -0.25) is 4.79 Å². The summed E-state index contributed by atoms with van der Waals surface area (Å²) in [5, 5.41) is 10.8. The van der Waals surface area contributed by atoms with Crippen LogP contribution in [0.25, 0.3) is 11.0 Å². The second-order valence-electron chi connectivity index (χ2n) is 4.03. The summed E-state index contributed by atoms with van der Waals surface area (Å²) >= 11 is 0. The maximum atomic E-state index is 11.8. The Morgan fingerprint density at radius 1 is 1.47 bits per heavy atom. The highest BCUT2D eigenvalue weighted by Crippen LogP contribution is 2.12. The average Bonchev–Trinajstić information content (AvgIpc) is 2.71. The van der Waals surface area contributed by atoms with Crippen molar-refractivity contribution < 1.29 is 4.79 Å². The van der Waals surface area contributed by atoms with Gasteiger partial charge in [-0.1, -0.05) is 18.6 Å². The van der Waals surface area contributed by atoms with Gasteiger partial charge in [0.1, 0.15) is 5.52 Å². The summed E-state index contributed by atoms with van der Waals surface area (Å²) in [5.74, 6) is -0.0500. The number of aryl methyl sites for hydroxylation is 1. The summed E-state index contributed by atoms with van der Waals surface area (Å²) in [4.78, 5) is 11.8. The molecule has 0 saturated heterocycles. The molecule has 0 radical (unpaired) electrons. The van der Waals surface area contributed by atoms with E-state index >= 15 is 0 Å². The molecule has 0 spiro atoms. The van der Waals surface area contributed by atoms with E-state index in [0.29, 0.717) is 12.1 Å². The van der Waals surface area contributed by atoms with Gasteiger partial charge in [0.15, 0.2) is 0 Å². The van der Waals surface area contributed by atoms with Gasteiger partial charge in [0.25, 0.3) is 5.91 Å². The molecule has 5 heteroatoms. The summed E-state index contributed by atoms with van der Waals surface area (Å²) in [6, 6.07) is 5.43. The van der Waals surface area contributed by atoms with Crippen LogP contribution in [0.1, 0.15) is 30.1 Å². The third-order valence-electron chi connectivity index (χ3n) is 2.69. The monoisotopic (exact) mass is 232 g/mol. The van der Waals surface area contributed by atoms with Gasteiger partial charge in [-0.05, 0) is 24.6 Å². The van der Waals surface area contributed by atoms with Crippen molar-refractivity contribution in [3.8, 4) is 0 Å². The van der Waals surface area contributed by atoms with Crippen molar-refractivity contribution in [3.63, 3.8) is 0 Å². The van der Waals surface area contributed by atoms with Gasteiger partial charge in [0.2, 0.25) is 0 Å². The predicted octanol–water partition coefficient (Wildman–Crippen LogP) is 1.50. The van der Waals surface area contributed by atoms with Crippen LogP contribution in [0.4, 0.5) is 0 Å². The standard InChI is InChI=1S/C12H16N4O/c1-3-4-7-13-12(17)9-5-6-11-10(8-9)14-15-16(11)2/h5-6,8H,3-4,7H2,1-2H3,(H,13,17). The first-order chi connectivity index (χ1) is 8.22. The molecule has 0 saturated carbocycles. The molecule has 1 aromatic carbocycles. The van der Waals surface area contributed by atoms with Gasteiger partial charge in [0, 0.05) is 19.2 Å². The molecule has 0 aliphatic carbocycles. The predicted molar refractivity (Wildman–Crippen MR) is 65.8 cm³/mol. The van der Waals surface area contributed by atoms with E-state index < -0.39 is 0 Å². The fraction of sp³-hybridized carbons (Fsp3) is 0.417. The SMILES string of the molecule is CCCCNC(=O)c1ccc2c(c1)nnn2C. The molecule has 5 nitrogen and oxygen atoms in total. The van der Waals surface area contributed by atoms with E-state index in [1.54, 1.807) is 16.8 Å². The number of carbonyl (C=O) groups is 1. The van der Waals surface area contributed by atoms with Crippen molar-refractivity contribution in [1.82, 2.24) is 20.3 Å². The fourth-order valence-corrected chi connectivity index (χ4v) is 1.66. The Balaban J connectivity index is 2.15. The van der Waals surface area contributed by atoms with E-state index in [4.69, 9.17) is 0 Å². The second kappa shape index (κ2) is 4.95. The number of carbonyl (C=O) groups excluding carboxylic acids is 1. The first-order valence-corrected chi connectivity index (χ1v) is 5.80. The van der Waals surface area contributed by atoms with Crippen LogP contribution < -0.4 is 5.32 Å². The minimum absolute atomic E-state index is 0.0500. The molecule has 0 aliphatic heterocycles. The largest absolute Gasteiger partial charge is 0.352 e. The lowest BCUT2D eigenvalue weighted by Crippen LogP contribution is -2.24. The van der Waals surface area contributed by atoms with E-state index in [0.717, 1.165) is 23.9 Å². The quantitative estimate of drug-likeness (QED) is 0.813. The van der Waals surface area contributed by atoms with Gasteiger partial charge < -0.3 is 5.32 Å². The zero-order valence-electron chi connectivity index (χ0n) is 10.1. The Bertz CT molecular complexity index is 532. The molecular weight excluding hydrogens is 216 g/mol. The smallest absolute Gasteiger partial charge is 0.251 e. The van der Waals surface area contributed by atoms with E-state index in [1.165, 1.54) is 0 Å². The third kappa shape index (κ3) is 2.43. The lowest BCUT2D eigenvalue weighted by molar-refractivity contribution is 0.0953. The van der Waals surface area contributed by atoms with Gasteiger partial charge >= 0.3 is 0 Å². The first-order valence-electron chi connectivity index (χ1n) is 5.80. The number of unbranched alkanes of at least 4 members (excludes halogenated alkanes) is 1. The molecule has 2 rings (SSSR count). The Labute approximate surface area is 99.8 Å². The van der Waals surface area contributed by atoms with Crippen LogP contribution in [-0.2, 0) is 7.05 Å². The van der Waals surface area contributed by atoms with Crippen molar-refractivity contribution in [2.75, 3.05) is 6.54 Å². The first kappa shape index (κ1) is 11.6. The highest BCUT2D eigenvalue weighted by Gasteiger charge is 2.08. The van der Waals surface area contributed by atoms with Gasteiger partial charge in [-0.2, -0.15) is 0 Å². The van der Waals surface area contributed by atoms with Crippen LogP contribution >= 0.6 is 0 Å². The molecule has 0 atom stereocenters. The Hall–Kier alpha value is -1.91. The lowest BCUT2D eigenvalue weighted by Gasteiger charge is -2.03. The van der Waals surface area contributed by atoms with Crippen molar-refractivity contribution in [1.29, 1.82) is 0 Å². The summed E-state index contributed by atoms with van der Waals surface area (Å²) in [6.07, 6.45) is 2.07. The molecule has 1 heterocycles. The number of rotatable bonds is 4. The van der Waals surface area contributed by atoms with Gasteiger partial charge in [-0.15, -0.1) is 5.10 Å². The molecule has 1 aromatic heterocycles. The molecule has 1 N–H and O–H groups in total. The van der Waals surface area contributed by atoms with Crippen molar-refractivity contribution >= 4 is 16.9 Å². The Morgan fingerprint density at radius 2 is 2.29 bits per heavy atom. The zero-order valence-corrected chi connectivity index (χ0v) is 10.1. The van der Waals surface area contributed by atoms with Crippen molar-refractivity contribution in [2.45, 2.75) is 19.8 Å². The highest BCUT2D eigenvalue weighted by molar-refractivity contribution is 5.97. The summed E-state index contributed by atoms with van der Waals surface area (Å²) < 4.78 is 1.69. The number of amides is 1. The van der Waals surface area contributed by atoms with E-state index in [-0.39, 0.29) is 5.91 Å². The van der Waals surface area contributed by atoms with Crippen LogP contribution in [-0.4, -0.2) is 27.4 Å². The van der Waals surface area contributed by atoms with Crippen LogP contribution in [0, 0.1) is 0 Å². The number of nitrogens with zero attached hydrogens (tertiary/aromatic N) is 3. The lowest BCUT2D eigenvalue weighted by atomic mass is 10.2. The molecule has 17 heavy (non-hydrogen) atoms. The number of fused-ring (bicyclic) bond motifs is 1. The van der Waals surface area contributed by atoms with Crippen LogP contribution in [0.15, 0.2) is 18.2 Å². The van der Waals surface area contributed by atoms with E-state index in [1.807, 2.05) is 13.1 Å². The molecule has 0 bridgehead atoms. The third-order valence-corrected chi connectivity index (χ3v) is 2.69. The summed E-state index contributed by atoms with van der Waals surface area (Å²) in [7, 11) is 1.83. The summed E-state index contributed by atoms with van der Waals surface area (Å²) in [5.41, 5.74) is 2.31. The molecular formula is C12H16N4O. The zero-order chi connectivity index (χ0) is 12.3. The molecule has 90 valence electrons. The van der Waals surface area contributed by atoms with E-state index in [9.17, 15) is 4.79 Å². The second-order valence-corrected chi connectivity index (χ2v) is 4.03. The van der Waals surface area contributed by atoms with Crippen molar-refractivity contribution in [2.24, 2.45) is 7.05 Å². The minimum Gasteiger partial charge on any atom is -0.352 e. The number of nitrogens with one attached hydrogen (secondary N) is 1. The molecule has 1 amide bonds. The van der Waals surface area contributed by atoms with E-state index in [2.05, 4.69) is 22.6 Å². The number of aromatic nitrogens is 3. The van der Waals surface area contributed by atoms with Crippen LogP contribution in [0.2, 0.25) is 0 Å². The Morgan fingerprint density at radius 3 is 3.06 bits per heavy atom. The minimum atomic E-state index is -0.0500. The van der Waals surface area contributed by atoms with Gasteiger partial charge in [-0.25, -0.2) is 4.68 Å².